The summed E-state index contributed by atoms with van der Waals surface area (Å²) < 4.78 is 0. The minimum Gasteiger partial charge on any atom is -0.282 e. The Morgan fingerprint density at radius 1 is 1.75 bits per heavy atom. The maximum atomic E-state index is 4.27. The lowest BCUT2D eigenvalue weighted by Crippen LogP contribution is -2.03. The predicted molar refractivity (Wildman–Crippen MR) is 39.6 cm³/mol. The average molecular weight is 129 g/mol. The molecule has 1 heterocycles. The third kappa shape index (κ3) is 1.25. The van der Waals surface area contributed by atoms with Gasteiger partial charge in [0.05, 0.1) is 5.37 Å². The lowest BCUT2D eigenvalue weighted by molar-refractivity contribution is 0.631. The second-order valence-electron chi connectivity index (χ2n) is 2.30. The predicted octanol–water partition coefficient (Wildman–Crippen LogP) is 1.79. The minimum absolute atomic E-state index is 0.551. The minimum atomic E-state index is 0.551. The molecule has 0 amide bonds. The standard InChI is InChI=1S/C6H11NS/c1-5(2)6-7-3-4-8-6/h3,5-6H,4H2,1-2H3. The normalized spacial score (nSPS) is 27.6. The first-order valence-electron chi connectivity index (χ1n) is 2.94. The molecule has 0 aliphatic carbocycles. The summed E-state index contributed by atoms with van der Waals surface area (Å²) in [7, 11) is 0. The Labute approximate surface area is 54.6 Å². The van der Waals surface area contributed by atoms with Crippen LogP contribution in [0.2, 0.25) is 0 Å². The summed E-state index contributed by atoms with van der Waals surface area (Å²) in [5, 5.41) is 0.551. The smallest absolute Gasteiger partial charge is 0.0974 e. The van der Waals surface area contributed by atoms with Crippen LogP contribution in [-0.4, -0.2) is 17.3 Å². The van der Waals surface area contributed by atoms with Gasteiger partial charge in [-0.15, -0.1) is 11.8 Å². The van der Waals surface area contributed by atoms with Crippen LogP contribution in [0.25, 0.3) is 0 Å². The molecule has 0 aromatic heterocycles. The van der Waals surface area contributed by atoms with E-state index in [-0.39, 0.29) is 0 Å². The molecule has 2 heteroatoms. The van der Waals surface area contributed by atoms with Crippen molar-refractivity contribution < 1.29 is 0 Å². The summed E-state index contributed by atoms with van der Waals surface area (Å²) in [6, 6.07) is 0. The van der Waals surface area contributed by atoms with Crippen LogP contribution >= 0.6 is 11.8 Å². The van der Waals surface area contributed by atoms with Crippen LogP contribution in [0.4, 0.5) is 0 Å². The van der Waals surface area contributed by atoms with E-state index in [2.05, 4.69) is 18.8 Å². The van der Waals surface area contributed by atoms with Gasteiger partial charge < -0.3 is 0 Å². The van der Waals surface area contributed by atoms with E-state index >= 15 is 0 Å². The van der Waals surface area contributed by atoms with Crippen molar-refractivity contribution in [3.8, 4) is 0 Å². The number of thioether (sulfide) groups is 1. The van der Waals surface area contributed by atoms with Crippen molar-refractivity contribution in [2.24, 2.45) is 10.9 Å². The van der Waals surface area contributed by atoms with Gasteiger partial charge in [-0.05, 0) is 5.92 Å². The molecule has 0 saturated heterocycles. The molecule has 0 spiro atoms. The molecule has 0 saturated carbocycles. The fourth-order valence-corrected chi connectivity index (χ4v) is 1.62. The Balaban J connectivity index is 2.36. The fourth-order valence-electron chi connectivity index (χ4n) is 0.696. The summed E-state index contributed by atoms with van der Waals surface area (Å²) in [4.78, 5) is 4.27. The van der Waals surface area contributed by atoms with Gasteiger partial charge in [-0.3, -0.25) is 4.99 Å². The third-order valence-electron chi connectivity index (χ3n) is 1.16. The Morgan fingerprint density at radius 3 is 2.75 bits per heavy atom. The van der Waals surface area contributed by atoms with Crippen molar-refractivity contribution in [2.75, 3.05) is 5.75 Å². The van der Waals surface area contributed by atoms with Crippen LogP contribution in [0.5, 0.6) is 0 Å². The molecule has 1 nitrogen and oxygen atoms in total. The fraction of sp³-hybridized carbons (Fsp3) is 0.833. The first kappa shape index (κ1) is 6.14. The Morgan fingerprint density at radius 2 is 2.50 bits per heavy atom. The molecule has 1 rings (SSSR count). The van der Waals surface area contributed by atoms with Gasteiger partial charge in [0.15, 0.2) is 0 Å². The average Bonchev–Trinajstić information content (AvgIpc) is 2.12. The maximum absolute atomic E-state index is 4.27. The van der Waals surface area contributed by atoms with E-state index in [1.165, 1.54) is 0 Å². The van der Waals surface area contributed by atoms with Gasteiger partial charge in [0.25, 0.3) is 0 Å². The monoisotopic (exact) mass is 129 g/mol. The molecular formula is C6H11NS. The highest BCUT2D eigenvalue weighted by Gasteiger charge is 2.13. The largest absolute Gasteiger partial charge is 0.282 e. The first-order valence-corrected chi connectivity index (χ1v) is 3.99. The first-order chi connectivity index (χ1) is 3.80. The van der Waals surface area contributed by atoms with Crippen LogP contribution < -0.4 is 0 Å². The van der Waals surface area contributed by atoms with Crippen molar-refractivity contribution in [1.29, 1.82) is 0 Å². The van der Waals surface area contributed by atoms with E-state index in [0.717, 1.165) is 5.75 Å². The number of hydrogen-bond donors (Lipinski definition) is 0. The molecule has 1 atom stereocenters. The molecule has 0 bridgehead atoms. The van der Waals surface area contributed by atoms with Crippen molar-refractivity contribution in [1.82, 2.24) is 0 Å². The molecule has 1 aliphatic heterocycles. The summed E-state index contributed by atoms with van der Waals surface area (Å²) in [6.07, 6.45) is 2.01. The molecule has 46 valence electrons. The van der Waals surface area contributed by atoms with Gasteiger partial charge in [-0.25, -0.2) is 0 Å². The SMILES string of the molecule is CC(C)C1N=CCS1. The maximum Gasteiger partial charge on any atom is 0.0974 e. The molecule has 0 fully saturated rings. The van der Waals surface area contributed by atoms with Crippen molar-refractivity contribution in [3.63, 3.8) is 0 Å². The van der Waals surface area contributed by atoms with E-state index in [1.54, 1.807) is 0 Å². The molecule has 1 unspecified atom stereocenters. The van der Waals surface area contributed by atoms with E-state index in [4.69, 9.17) is 0 Å². The summed E-state index contributed by atoms with van der Waals surface area (Å²) in [5.74, 6) is 1.82. The molecule has 0 N–H and O–H groups in total. The Hall–Kier alpha value is 0.0200. The zero-order valence-corrected chi connectivity index (χ0v) is 6.11. The molecular weight excluding hydrogens is 118 g/mol. The van der Waals surface area contributed by atoms with E-state index in [9.17, 15) is 0 Å². The highest BCUT2D eigenvalue weighted by atomic mass is 32.2. The highest BCUT2D eigenvalue weighted by Crippen LogP contribution is 2.23. The van der Waals surface area contributed by atoms with E-state index in [1.807, 2.05) is 18.0 Å². The van der Waals surface area contributed by atoms with Gasteiger partial charge in [0.2, 0.25) is 0 Å². The van der Waals surface area contributed by atoms with E-state index in [0.29, 0.717) is 11.3 Å². The van der Waals surface area contributed by atoms with Gasteiger partial charge in [0, 0.05) is 12.0 Å². The highest BCUT2D eigenvalue weighted by molar-refractivity contribution is 8.00. The lowest BCUT2D eigenvalue weighted by atomic mass is 10.2. The molecule has 1 aliphatic rings. The number of hydrogen-bond acceptors (Lipinski definition) is 2. The molecule has 0 aromatic carbocycles. The van der Waals surface area contributed by atoms with Crippen molar-refractivity contribution in [2.45, 2.75) is 19.2 Å². The third-order valence-corrected chi connectivity index (χ3v) is 2.51. The van der Waals surface area contributed by atoms with Crippen LogP contribution in [0.3, 0.4) is 0 Å². The quantitative estimate of drug-likeness (QED) is 0.525. The summed E-state index contributed by atoms with van der Waals surface area (Å²) in [5.41, 5.74) is 0. The Kier molecular flexibility index (Phi) is 1.95. The van der Waals surface area contributed by atoms with Crippen LogP contribution in [0.15, 0.2) is 4.99 Å². The lowest BCUT2D eigenvalue weighted by Gasteiger charge is -2.08. The number of aliphatic imine (C=N–C) groups is 1. The zero-order chi connectivity index (χ0) is 5.98. The number of nitrogens with zero attached hydrogens (tertiary/aromatic N) is 1. The number of rotatable bonds is 1. The van der Waals surface area contributed by atoms with Crippen LogP contribution in [0.1, 0.15) is 13.8 Å². The summed E-state index contributed by atoms with van der Waals surface area (Å²) in [6.45, 7) is 4.42. The zero-order valence-electron chi connectivity index (χ0n) is 5.29. The second-order valence-corrected chi connectivity index (χ2v) is 3.45. The topological polar surface area (TPSA) is 12.4 Å². The van der Waals surface area contributed by atoms with Crippen LogP contribution in [0, 0.1) is 5.92 Å². The summed E-state index contributed by atoms with van der Waals surface area (Å²) >= 11 is 1.93. The molecule has 0 aromatic rings. The van der Waals surface area contributed by atoms with Crippen molar-refractivity contribution >= 4 is 18.0 Å². The van der Waals surface area contributed by atoms with Gasteiger partial charge in [-0.2, -0.15) is 0 Å². The van der Waals surface area contributed by atoms with Gasteiger partial charge in [0.1, 0.15) is 0 Å². The van der Waals surface area contributed by atoms with Gasteiger partial charge >= 0.3 is 0 Å². The van der Waals surface area contributed by atoms with Crippen LogP contribution in [-0.2, 0) is 0 Å². The molecule has 8 heavy (non-hydrogen) atoms. The van der Waals surface area contributed by atoms with E-state index < -0.39 is 0 Å². The molecule has 0 radical (unpaired) electrons. The Bertz CT molecular complexity index is 98.7. The van der Waals surface area contributed by atoms with Gasteiger partial charge in [-0.1, -0.05) is 13.8 Å². The van der Waals surface area contributed by atoms with Crippen molar-refractivity contribution in [3.05, 3.63) is 0 Å². The second kappa shape index (κ2) is 2.53.